The highest BCUT2D eigenvalue weighted by Crippen LogP contribution is 2.24. The molecule has 0 amide bonds. The standard InChI is InChI=1S/C21H15FO2/c22-19-12-6-15(7-13-19)14-20(21(23)24)18-10-8-17(9-11-18)16-4-2-1-3-5-16/h1-14H,(H,23,24)/b20-14-. The molecule has 3 rings (SSSR count). The van der Waals surface area contributed by atoms with Gasteiger partial charge in [-0.1, -0.05) is 66.7 Å². The summed E-state index contributed by atoms with van der Waals surface area (Å²) in [5.74, 6) is -1.37. The summed E-state index contributed by atoms with van der Waals surface area (Å²) in [6.45, 7) is 0. The molecule has 0 bridgehead atoms. The summed E-state index contributed by atoms with van der Waals surface area (Å²) in [4.78, 5) is 11.6. The van der Waals surface area contributed by atoms with E-state index in [0.29, 0.717) is 11.1 Å². The summed E-state index contributed by atoms with van der Waals surface area (Å²) in [6, 6.07) is 23.0. The van der Waals surface area contributed by atoms with Gasteiger partial charge in [-0.25, -0.2) is 9.18 Å². The number of carboxylic acid groups (broad SMARTS) is 1. The monoisotopic (exact) mass is 318 g/mol. The van der Waals surface area contributed by atoms with Crippen LogP contribution in [0.15, 0.2) is 78.9 Å². The van der Waals surface area contributed by atoms with Gasteiger partial charge in [-0.15, -0.1) is 0 Å². The van der Waals surface area contributed by atoms with E-state index >= 15 is 0 Å². The van der Waals surface area contributed by atoms with Gasteiger partial charge < -0.3 is 5.11 Å². The molecule has 1 N–H and O–H groups in total. The number of halogens is 1. The Bertz CT molecular complexity index is 864. The molecule has 0 saturated heterocycles. The molecule has 0 heterocycles. The Kier molecular flexibility index (Phi) is 4.52. The maximum absolute atomic E-state index is 13.0. The van der Waals surface area contributed by atoms with Crippen LogP contribution in [0.25, 0.3) is 22.8 Å². The van der Waals surface area contributed by atoms with Gasteiger partial charge in [-0.3, -0.25) is 0 Å². The minimum absolute atomic E-state index is 0.168. The first-order chi connectivity index (χ1) is 11.6. The minimum atomic E-state index is -1.02. The molecule has 0 fully saturated rings. The molecule has 2 nitrogen and oxygen atoms in total. The van der Waals surface area contributed by atoms with E-state index in [1.165, 1.54) is 12.1 Å². The summed E-state index contributed by atoms with van der Waals surface area (Å²) in [7, 11) is 0. The van der Waals surface area contributed by atoms with E-state index in [4.69, 9.17) is 0 Å². The highest BCUT2D eigenvalue weighted by molar-refractivity contribution is 6.20. The van der Waals surface area contributed by atoms with E-state index in [1.807, 2.05) is 42.5 Å². The second kappa shape index (κ2) is 6.92. The van der Waals surface area contributed by atoms with Crippen molar-refractivity contribution in [3.05, 3.63) is 95.8 Å². The number of hydrogen-bond donors (Lipinski definition) is 1. The summed E-state index contributed by atoms with van der Waals surface area (Å²) in [5, 5.41) is 9.49. The molecule has 24 heavy (non-hydrogen) atoms. The summed E-state index contributed by atoms with van der Waals surface area (Å²) in [6.07, 6.45) is 1.54. The third-order valence-electron chi connectivity index (χ3n) is 3.71. The first-order valence-corrected chi connectivity index (χ1v) is 7.50. The number of benzene rings is 3. The molecule has 3 heteroatoms. The predicted molar refractivity (Wildman–Crippen MR) is 93.8 cm³/mol. The van der Waals surface area contributed by atoms with Gasteiger partial charge in [-0.2, -0.15) is 0 Å². The molecule has 0 aliphatic carbocycles. The molecule has 0 radical (unpaired) electrons. The Balaban J connectivity index is 1.95. The van der Waals surface area contributed by atoms with E-state index in [2.05, 4.69) is 0 Å². The lowest BCUT2D eigenvalue weighted by Crippen LogP contribution is -1.99. The second-order valence-corrected chi connectivity index (χ2v) is 5.36. The van der Waals surface area contributed by atoms with E-state index < -0.39 is 5.97 Å². The number of hydrogen-bond acceptors (Lipinski definition) is 1. The van der Waals surface area contributed by atoms with Crippen molar-refractivity contribution < 1.29 is 14.3 Å². The molecule has 0 aliphatic rings. The van der Waals surface area contributed by atoms with Crippen molar-refractivity contribution in [1.29, 1.82) is 0 Å². The zero-order chi connectivity index (χ0) is 16.9. The smallest absolute Gasteiger partial charge is 0.336 e. The van der Waals surface area contributed by atoms with Crippen molar-refractivity contribution >= 4 is 17.6 Å². The van der Waals surface area contributed by atoms with Gasteiger partial charge in [0.2, 0.25) is 0 Å². The van der Waals surface area contributed by atoms with Crippen LogP contribution in [0, 0.1) is 5.82 Å². The predicted octanol–water partition coefficient (Wildman–Crippen LogP) is 5.12. The van der Waals surface area contributed by atoms with Crippen LogP contribution in [0.4, 0.5) is 4.39 Å². The molecule has 0 aliphatic heterocycles. The highest BCUT2D eigenvalue weighted by atomic mass is 19.1. The van der Waals surface area contributed by atoms with Crippen molar-refractivity contribution in [3.8, 4) is 11.1 Å². The lowest BCUT2D eigenvalue weighted by atomic mass is 9.99. The van der Waals surface area contributed by atoms with E-state index in [1.54, 1.807) is 30.3 Å². The summed E-state index contributed by atoms with van der Waals surface area (Å²) >= 11 is 0. The molecule has 3 aromatic carbocycles. The number of carboxylic acids is 1. The summed E-state index contributed by atoms with van der Waals surface area (Å²) < 4.78 is 13.0. The number of rotatable bonds is 4. The Morgan fingerprint density at radius 3 is 1.96 bits per heavy atom. The quantitative estimate of drug-likeness (QED) is 0.535. The van der Waals surface area contributed by atoms with Crippen LogP contribution in [0.2, 0.25) is 0 Å². The molecule has 3 aromatic rings. The van der Waals surface area contributed by atoms with Gasteiger partial charge >= 0.3 is 5.97 Å². The van der Waals surface area contributed by atoms with Crippen LogP contribution >= 0.6 is 0 Å². The van der Waals surface area contributed by atoms with Gasteiger partial charge in [-0.05, 0) is 40.5 Å². The fourth-order valence-corrected chi connectivity index (χ4v) is 2.47. The Labute approximate surface area is 139 Å². The molecule has 0 unspecified atom stereocenters. The number of carbonyl (C=O) groups is 1. The van der Waals surface area contributed by atoms with Gasteiger partial charge in [0.1, 0.15) is 5.82 Å². The normalized spacial score (nSPS) is 11.3. The van der Waals surface area contributed by atoms with Crippen molar-refractivity contribution in [2.45, 2.75) is 0 Å². The lowest BCUT2D eigenvalue weighted by Gasteiger charge is -2.06. The molecule has 118 valence electrons. The van der Waals surface area contributed by atoms with E-state index in [-0.39, 0.29) is 11.4 Å². The maximum atomic E-state index is 13.0. The van der Waals surface area contributed by atoms with Crippen molar-refractivity contribution in [2.75, 3.05) is 0 Å². The van der Waals surface area contributed by atoms with Crippen LogP contribution < -0.4 is 0 Å². The number of aliphatic carboxylic acids is 1. The fourth-order valence-electron chi connectivity index (χ4n) is 2.47. The molecule has 0 aromatic heterocycles. The van der Waals surface area contributed by atoms with E-state index in [9.17, 15) is 14.3 Å². The van der Waals surface area contributed by atoms with Gasteiger partial charge in [0.15, 0.2) is 0 Å². The fraction of sp³-hybridized carbons (Fsp3) is 0. The average Bonchev–Trinajstić information content (AvgIpc) is 2.62. The third-order valence-corrected chi connectivity index (χ3v) is 3.71. The zero-order valence-corrected chi connectivity index (χ0v) is 12.8. The van der Waals surface area contributed by atoms with Crippen molar-refractivity contribution in [3.63, 3.8) is 0 Å². The second-order valence-electron chi connectivity index (χ2n) is 5.36. The first-order valence-electron chi connectivity index (χ1n) is 7.50. The Morgan fingerprint density at radius 2 is 1.38 bits per heavy atom. The average molecular weight is 318 g/mol. The van der Waals surface area contributed by atoms with Crippen LogP contribution in [-0.2, 0) is 4.79 Å². The van der Waals surface area contributed by atoms with Crippen LogP contribution in [0.1, 0.15) is 11.1 Å². The van der Waals surface area contributed by atoms with Gasteiger partial charge in [0, 0.05) is 0 Å². The maximum Gasteiger partial charge on any atom is 0.336 e. The van der Waals surface area contributed by atoms with Crippen molar-refractivity contribution in [1.82, 2.24) is 0 Å². The van der Waals surface area contributed by atoms with Crippen molar-refractivity contribution in [2.24, 2.45) is 0 Å². The topological polar surface area (TPSA) is 37.3 Å². The van der Waals surface area contributed by atoms with Crippen LogP contribution in [0.3, 0.4) is 0 Å². The zero-order valence-electron chi connectivity index (χ0n) is 12.8. The largest absolute Gasteiger partial charge is 0.478 e. The summed E-state index contributed by atoms with van der Waals surface area (Å²) in [5.41, 5.74) is 3.50. The Morgan fingerprint density at radius 1 is 0.792 bits per heavy atom. The van der Waals surface area contributed by atoms with E-state index in [0.717, 1.165) is 11.1 Å². The molecule has 0 atom stereocenters. The van der Waals surface area contributed by atoms with Gasteiger partial charge in [0.05, 0.1) is 5.57 Å². The van der Waals surface area contributed by atoms with Crippen LogP contribution in [0.5, 0.6) is 0 Å². The molecule has 0 spiro atoms. The highest BCUT2D eigenvalue weighted by Gasteiger charge is 2.11. The third kappa shape index (κ3) is 3.58. The minimum Gasteiger partial charge on any atom is -0.478 e. The van der Waals surface area contributed by atoms with Crippen LogP contribution in [-0.4, -0.2) is 11.1 Å². The Hall–Kier alpha value is -3.20. The molecular weight excluding hydrogens is 303 g/mol. The lowest BCUT2D eigenvalue weighted by molar-refractivity contribution is -0.130. The molecular formula is C21H15FO2. The molecule has 0 saturated carbocycles. The first kappa shape index (κ1) is 15.7. The van der Waals surface area contributed by atoms with Gasteiger partial charge in [0.25, 0.3) is 0 Å². The SMILES string of the molecule is O=C(O)/C(=C\c1ccc(F)cc1)c1ccc(-c2ccccc2)cc1.